The molecule has 1 aromatic heterocycles. The van der Waals surface area contributed by atoms with Gasteiger partial charge in [0, 0.05) is 17.0 Å². The number of halogens is 3. The summed E-state index contributed by atoms with van der Waals surface area (Å²) in [6, 6.07) is 3.41. The smallest absolute Gasteiger partial charge is 0.153 e. The van der Waals surface area contributed by atoms with Gasteiger partial charge in [-0.2, -0.15) is 0 Å². The van der Waals surface area contributed by atoms with E-state index in [1.165, 1.54) is 0 Å². The standard InChI is InChI=1S/C13H12Cl3NO/c1-2-3-4-17-11-6-8(14)5-10(15)12(11)9(7-18)13(17)16/h5-7H,2-4H2,1H3. The molecule has 2 nitrogen and oxygen atoms in total. The molecule has 5 heteroatoms. The molecule has 0 saturated heterocycles. The average Bonchev–Trinajstić information content (AvgIpc) is 2.59. The van der Waals surface area contributed by atoms with Crippen molar-refractivity contribution in [3.63, 3.8) is 0 Å². The van der Waals surface area contributed by atoms with Gasteiger partial charge in [-0.05, 0) is 18.6 Å². The second kappa shape index (κ2) is 5.52. The Kier molecular flexibility index (Phi) is 4.21. The SMILES string of the molecule is CCCCn1c(Cl)c(C=O)c2c(Cl)cc(Cl)cc21. The van der Waals surface area contributed by atoms with Crippen molar-refractivity contribution in [2.75, 3.05) is 0 Å². The second-order valence-electron chi connectivity index (χ2n) is 4.11. The minimum Gasteiger partial charge on any atom is -0.331 e. The molecule has 0 spiro atoms. The Morgan fingerprint density at radius 3 is 2.61 bits per heavy atom. The lowest BCUT2D eigenvalue weighted by atomic mass is 10.2. The maximum Gasteiger partial charge on any atom is 0.153 e. The van der Waals surface area contributed by atoms with Crippen LogP contribution in [0.4, 0.5) is 0 Å². The predicted molar refractivity (Wildman–Crippen MR) is 77.3 cm³/mol. The van der Waals surface area contributed by atoms with Gasteiger partial charge in [-0.3, -0.25) is 4.79 Å². The van der Waals surface area contributed by atoms with Crippen LogP contribution in [0.25, 0.3) is 10.9 Å². The monoisotopic (exact) mass is 303 g/mol. The third-order valence-corrected chi connectivity index (χ3v) is 3.83. The molecule has 0 aliphatic carbocycles. The van der Waals surface area contributed by atoms with Crippen molar-refractivity contribution in [1.29, 1.82) is 0 Å². The van der Waals surface area contributed by atoms with Gasteiger partial charge in [0.25, 0.3) is 0 Å². The van der Waals surface area contributed by atoms with Gasteiger partial charge < -0.3 is 4.57 Å². The van der Waals surface area contributed by atoms with E-state index in [0.717, 1.165) is 31.2 Å². The van der Waals surface area contributed by atoms with Crippen molar-refractivity contribution >= 4 is 52.0 Å². The molecule has 1 heterocycles. The van der Waals surface area contributed by atoms with E-state index in [-0.39, 0.29) is 0 Å². The Labute approximate surface area is 120 Å². The van der Waals surface area contributed by atoms with Crippen LogP contribution in [0.2, 0.25) is 15.2 Å². The molecule has 0 amide bonds. The summed E-state index contributed by atoms with van der Waals surface area (Å²) >= 11 is 18.4. The summed E-state index contributed by atoms with van der Waals surface area (Å²) in [5.41, 5.74) is 1.25. The highest BCUT2D eigenvalue weighted by Crippen LogP contribution is 2.36. The first-order valence-electron chi connectivity index (χ1n) is 5.72. The fourth-order valence-electron chi connectivity index (χ4n) is 2.04. The molecule has 0 aliphatic rings. The maximum atomic E-state index is 11.2. The molecule has 0 radical (unpaired) electrons. The van der Waals surface area contributed by atoms with E-state index in [2.05, 4.69) is 6.92 Å². The summed E-state index contributed by atoms with van der Waals surface area (Å²) in [7, 11) is 0. The molecule has 0 N–H and O–H groups in total. The van der Waals surface area contributed by atoms with Crippen LogP contribution in [-0.2, 0) is 6.54 Å². The zero-order chi connectivity index (χ0) is 13.3. The summed E-state index contributed by atoms with van der Waals surface area (Å²) in [5.74, 6) is 0. The van der Waals surface area contributed by atoms with Crippen LogP contribution in [0.1, 0.15) is 30.1 Å². The Hall–Kier alpha value is -0.700. The van der Waals surface area contributed by atoms with Crippen molar-refractivity contribution < 1.29 is 4.79 Å². The number of hydrogen-bond acceptors (Lipinski definition) is 1. The van der Waals surface area contributed by atoms with Crippen LogP contribution in [-0.4, -0.2) is 10.9 Å². The number of aryl methyl sites for hydroxylation is 1. The van der Waals surface area contributed by atoms with Crippen molar-refractivity contribution in [1.82, 2.24) is 4.57 Å². The Morgan fingerprint density at radius 2 is 2.00 bits per heavy atom. The fourth-order valence-corrected chi connectivity index (χ4v) is 2.94. The lowest BCUT2D eigenvalue weighted by molar-refractivity contribution is 0.112. The highest BCUT2D eigenvalue weighted by Gasteiger charge is 2.18. The van der Waals surface area contributed by atoms with E-state index in [4.69, 9.17) is 34.8 Å². The van der Waals surface area contributed by atoms with Crippen molar-refractivity contribution in [2.45, 2.75) is 26.3 Å². The molecule has 0 bridgehead atoms. The Bertz CT molecular complexity index is 604. The summed E-state index contributed by atoms with van der Waals surface area (Å²) in [4.78, 5) is 11.2. The number of benzene rings is 1. The summed E-state index contributed by atoms with van der Waals surface area (Å²) < 4.78 is 1.89. The van der Waals surface area contributed by atoms with Crippen molar-refractivity contribution in [3.8, 4) is 0 Å². The van der Waals surface area contributed by atoms with Crippen molar-refractivity contribution in [3.05, 3.63) is 32.9 Å². The Morgan fingerprint density at radius 1 is 1.28 bits per heavy atom. The number of unbranched alkanes of at least 4 members (excludes halogenated alkanes) is 1. The van der Waals surface area contributed by atoms with Gasteiger partial charge in [-0.15, -0.1) is 0 Å². The first kappa shape index (κ1) is 13.7. The maximum absolute atomic E-state index is 11.2. The van der Waals surface area contributed by atoms with Crippen LogP contribution in [0, 0.1) is 0 Å². The van der Waals surface area contributed by atoms with Crippen LogP contribution in [0.5, 0.6) is 0 Å². The van der Waals surface area contributed by atoms with E-state index in [1.54, 1.807) is 12.1 Å². The second-order valence-corrected chi connectivity index (χ2v) is 5.31. The average molecular weight is 305 g/mol. The number of hydrogen-bond donors (Lipinski definition) is 0. The van der Waals surface area contributed by atoms with Crippen LogP contribution >= 0.6 is 34.8 Å². The number of aldehydes is 1. The first-order chi connectivity index (χ1) is 8.60. The molecule has 0 aliphatic heterocycles. The highest BCUT2D eigenvalue weighted by molar-refractivity contribution is 6.41. The van der Waals surface area contributed by atoms with Crippen molar-refractivity contribution in [2.24, 2.45) is 0 Å². The number of carbonyl (C=O) groups is 1. The molecular weight excluding hydrogens is 293 g/mol. The molecule has 2 rings (SSSR count). The van der Waals surface area contributed by atoms with E-state index >= 15 is 0 Å². The minimum atomic E-state index is 0.428. The molecular formula is C13H12Cl3NO. The molecule has 96 valence electrons. The largest absolute Gasteiger partial charge is 0.331 e. The number of rotatable bonds is 4. The zero-order valence-corrected chi connectivity index (χ0v) is 12.1. The third kappa shape index (κ3) is 2.25. The predicted octanol–water partition coefficient (Wildman–Crippen LogP) is 5.21. The number of aromatic nitrogens is 1. The molecule has 0 atom stereocenters. The van der Waals surface area contributed by atoms with Gasteiger partial charge in [-0.25, -0.2) is 0 Å². The lowest BCUT2D eigenvalue weighted by Crippen LogP contribution is -1.97. The minimum absolute atomic E-state index is 0.428. The van der Waals surface area contributed by atoms with E-state index in [9.17, 15) is 4.79 Å². The van der Waals surface area contributed by atoms with E-state index < -0.39 is 0 Å². The summed E-state index contributed by atoms with van der Waals surface area (Å²) in [6.07, 6.45) is 2.76. The molecule has 2 aromatic rings. The van der Waals surface area contributed by atoms with Gasteiger partial charge in [0.1, 0.15) is 5.15 Å². The molecule has 18 heavy (non-hydrogen) atoms. The molecule has 0 saturated carbocycles. The van der Waals surface area contributed by atoms with Gasteiger partial charge in [0.15, 0.2) is 6.29 Å². The number of carbonyl (C=O) groups excluding carboxylic acids is 1. The topological polar surface area (TPSA) is 22.0 Å². The quantitative estimate of drug-likeness (QED) is 0.710. The van der Waals surface area contributed by atoms with Gasteiger partial charge in [0.2, 0.25) is 0 Å². The molecule has 0 fully saturated rings. The fraction of sp³-hybridized carbons (Fsp3) is 0.308. The van der Waals surface area contributed by atoms with Crippen LogP contribution in [0.3, 0.4) is 0 Å². The number of nitrogens with zero attached hydrogens (tertiary/aromatic N) is 1. The summed E-state index contributed by atoms with van der Waals surface area (Å²) in [5, 5.41) is 2.10. The van der Waals surface area contributed by atoms with E-state index in [1.807, 2.05) is 4.57 Å². The Balaban J connectivity index is 2.76. The lowest BCUT2D eigenvalue weighted by Gasteiger charge is -2.06. The van der Waals surface area contributed by atoms with E-state index in [0.29, 0.717) is 26.1 Å². The zero-order valence-electron chi connectivity index (χ0n) is 9.84. The van der Waals surface area contributed by atoms with Crippen LogP contribution in [0.15, 0.2) is 12.1 Å². The summed E-state index contributed by atoms with van der Waals surface area (Å²) in [6.45, 7) is 2.84. The molecule has 1 aromatic carbocycles. The third-order valence-electron chi connectivity index (χ3n) is 2.91. The van der Waals surface area contributed by atoms with Gasteiger partial charge in [0.05, 0.1) is 16.1 Å². The first-order valence-corrected chi connectivity index (χ1v) is 6.85. The molecule has 0 unspecified atom stereocenters. The normalized spacial score (nSPS) is 11.1. The number of fused-ring (bicyclic) bond motifs is 1. The van der Waals surface area contributed by atoms with Gasteiger partial charge >= 0.3 is 0 Å². The highest BCUT2D eigenvalue weighted by atomic mass is 35.5. The van der Waals surface area contributed by atoms with Gasteiger partial charge in [-0.1, -0.05) is 48.1 Å². The van der Waals surface area contributed by atoms with Crippen LogP contribution < -0.4 is 0 Å².